The monoisotopic (exact) mass is 356 g/mol. The van der Waals surface area contributed by atoms with E-state index in [1.807, 2.05) is 23.9 Å². The van der Waals surface area contributed by atoms with E-state index in [2.05, 4.69) is 15.8 Å². The minimum absolute atomic E-state index is 0.129. The van der Waals surface area contributed by atoms with Gasteiger partial charge in [-0.3, -0.25) is 20.4 Å². The van der Waals surface area contributed by atoms with E-state index in [1.54, 1.807) is 42.6 Å². The molecule has 0 aliphatic carbocycles. The van der Waals surface area contributed by atoms with Gasteiger partial charge in [0.2, 0.25) is 0 Å². The van der Waals surface area contributed by atoms with Gasteiger partial charge in [0.25, 0.3) is 5.91 Å². The van der Waals surface area contributed by atoms with Crippen molar-refractivity contribution < 1.29 is 14.0 Å². The number of aromatic nitrogens is 2. The van der Waals surface area contributed by atoms with E-state index in [-0.39, 0.29) is 5.76 Å². The summed E-state index contributed by atoms with van der Waals surface area (Å²) < 4.78 is 7.40. The molecule has 0 spiro atoms. The third-order valence-corrected chi connectivity index (χ3v) is 4.41. The van der Waals surface area contributed by atoms with Crippen LogP contribution in [0.1, 0.15) is 26.7 Å². The van der Waals surface area contributed by atoms with E-state index in [0.29, 0.717) is 17.1 Å². The van der Waals surface area contributed by atoms with Gasteiger partial charge in [-0.05, 0) is 24.3 Å². The second-order valence-electron chi connectivity index (χ2n) is 5.15. The van der Waals surface area contributed by atoms with Crippen LogP contribution < -0.4 is 10.9 Å². The predicted molar refractivity (Wildman–Crippen MR) is 92.9 cm³/mol. The molecular formula is C17H16N4O3S. The van der Waals surface area contributed by atoms with Crippen LogP contribution in [-0.2, 0) is 12.8 Å². The van der Waals surface area contributed by atoms with Gasteiger partial charge in [0, 0.05) is 25.0 Å². The van der Waals surface area contributed by atoms with Crippen LogP contribution in [0.2, 0.25) is 0 Å². The number of furan rings is 1. The largest absolute Gasteiger partial charge is 0.455 e. The van der Waals surface area contributed by atoms with E-state index < -0.39 is 11.8 Å². The number of carbonyl (C=O) groups excluding carboxylic acids is 2. The number of nitrogens with one attached hydrogen (secondary N) is 2. The molecule has 1 aromatic carbocycles. The Labute approximate surface area is 148 Å². The van der Waals surface area contributed by atoms with Gasteiger partial charge in [0.1, 0.15) is 5.76 Å². The Morgan fingerprint density at radius 2 is 1.88 bits per heavy atom. The Bertz CT molecular complexity index is 873. The quantitative estimate of drug-likeness (QED) is 0.541. The number of thioether (sulfide) groups is 1. The van der Waals surface area contributed by atoms with E-state index in [9.17, 15) is 9.59 Å². The lowest BCUT2D eigenvalue weighted by molar-refractivity contribution is 0.0830. The lowest BCUT2D eigenvalue weighted by Gasteiger charge is -2.05. The molecule has 2 heterocycles. The van der Waals surface area contributed by atoms with Crippen molar-refractivity contribution in [3.05, 3.63) is 71.9 Å². The van der Waals surface area contributed by atoms with Crippen molar-refractivity contribution in [1.82, 2.24) is 20.4 Å². The minimum atomic E-state index is -0.516. The van der Waals surface area contributed by atoms with Crippen molar-refractivity contribution in [2.75, 3.05) is 0 Å². The highest BCUT2D eigenvalue weighted by Crippen LogP contribution is 2.21. The summed E-state index contributed by atoms with van der Waals surface area (Å²) in [7, 11) is 1.91. The molecule has 128 valence electrons. The van der Waals surface area contributed by atoms with Gasteiger partial charge in [0.15, 0.2) is 10.9 Å². The van der Waals surface area contributed by atoms with Gasteiger partial charge in [-0.1, -0.05) is 30.0 Å². The van der Waals surface area contributed by atoms with Crippen LogP contribution in [-0.4, -0.2) is 21.4 Å². The number of carbonyl (C=O) groups is 2. The third-order valence-electron chi connectivity index (χ3n) is 3.33. The van der Waals surface area contributed by atoms with Crippen LogP contribution in [0.15, 0.2) is 64.4 Å². The Morgan fingerprint density at radius 3 is 2.60 bits per heavy atom. The van der Waals surface area contributed by atoms with Crippen molar-refractivity contribution in [1.29, 1.82) is 0 Å². The fraction of sp³-hybridized carbons (Fsp3) is 0.118. The van der Waals surface area contributed by atoms with Crippen LogP contribution in [0.3, 0.4) is 0 Å². The molecule has 0 saturated heterocycles. The summed E-state index contributed by atoms with van der Waals surface area (Å²) in [6, 6.07) is 11.9. The van der Waals surface area contributed by atoms with Crippen LogP contribution in [0.4, 0.5) is 0 Å². The van der Waals surface area contributed by atoms with Gasteiger partial charge >= 0.3 is 5.91 Å². The van der Waals surface area contributed by atoms with Gasteiger partial charge in [-0.2, -0.15) is 0 Å². The van der Waals surface area contributed by atoms with Crippen molar-refractivity contribution in [3.63, 3.8) is 0 Å². The third kappa shape index (κ3) is 4.30. The van der Waals surface area contributed by atoms with Crippen LogP contribution in [0.25, 0.3) is 0 Å². The fourth-order valence-corrected chi connectivity index (χ4v) is 2.87. The molecule has 0 bridgehead atoms. The molecule has 3 aromatic rings. The smallest absolute Gasteiger partial charge is 0.305 e. The van der Waals surface area contributed by atoms with Crippen molar-refractivity contribution in [2.24, 2.45) is 7.05 Å². The average Bonchev–Trinajstić information content (AvgIpc) is 3.27. The standard InChI is InChI=1S/C17H16N4O3S/c1-21-10-9-18-17(21)25-11-13-7-8-14(24-13)16(23)20-19-15(22)12-5-3-2-4-6-12/h2-10H,11H2,1H3,(H,19,22)(H,20,23). The maximum Gasteiger partial charge on any atom is 0.305 e. The lowest BCUT2D eigenvalue weighted by atomic mass is 10.2. The molecule has 0 unspecified atom stereocenters. The molecular weight excluding hydrogens is 340 g/mol. The first kappa shape index (κ1) is 16.8. The van der Waals surface area contributed by atoms with Gasteiger partial charge in [0.05, 0.1) is 5.75 Å². The van der Waals surface area contributed by atoms with Crippen LogP contribution in [0, 0.1) is 0 Å². The SMILES string of the molecule is Cn1ccnc1SCc1ccc(C(=O)NNC(=O)c2ccccc2)o1. The van der Waals surface area contributed by atoms with Gasteiger partial charge < -0.3 is 8.98 Å². The Morgan fingerprint density at radius 1 is 1.12 bits per heavy atom. The summed E-state index contributed by atoms with van der Waals surface area (Å²) in [5.74, 6) is 0.411. The minimum Gasteiger partial charge on any atom is -0.455 e. The maximum atomic E-state index is 12.0. The van der Waals surface area contributed by atoms with E-state index in [0.717, 1.165) is 5.16 Å². The zero-order chi connectivity index (χ0) is 17.6. The van der Waals surface area contributed by atoms with Crippen molar-refractivity contribution >= 4 is 23.6 Å². The first-order valence-corrected chi connectivity index (χ1v) is 8.46. The molecule has 2 amide bonds. The first-order valence-electron chi connectivity index (χ1n) is 7.48. The molecule has 8 heteroatoms. The number of rotatable bonds is 5. The fourth-order valence-electron chi connectivity index (χ4n) is 2.04. The summed E-state index contributed by atoms with van der Waals surface area (Å²) in [5.41, 5.74) is 5.14. The predicted octanol–water partition coefficient (Wildman–Crippen LogP) is 2.38. The summed E-state index contributed by atoms with van der Waals surface area (Å²) in [6.07, 6.45) is 3.58. The molecule has 0 fully saturated rings. The highest BCUT2D eigenvalue weighted by atomic mass is 32.2. The highest BCUT2D eigenvalue weighted by molar-refractivity contribution is 7.98. The normalized spacial score (nSPS) is 10.4. The molecule has 2 aromatic heterocycles. The number of imidazole rings is 1. The summed E-state index contributed by atoms with van der Waals surface area (Å²) in [4.78, 5) is 28.1. The zero-order valence-electron chi connectivity index (χ0n) is 13.4. The second kappa shape index (κ2) is 7.71. The van der Waals surface area contributed by atoms with Gasteiger partial charge in [-0.15, -0.1) is 0 Å². The number of aryl methyl sites for hydroxylation is 1. The first-order chi connectivity index (χ1) is 12.1. The highest BCUT2D eigenvalue weighted by Gasteiger charge is 2.13. The number of hydrogen-bond acceptors (Lipinski definition) is 5. The molecule has 0 aliphatic heterocycles. The molecule has 2 N–H and O–H groups in total. The van der Waals surface area contributed by atoms with Crippen LogP contribution >= 0.6 is 11.8 Å². The summed E-state index contributed by atoms with van der Waals surface area (Å²) in [6.45, 7) is 0. The number of benzene rings is 1. The van der Waals surface area contributed by atoms with Crippen LogP contribution in [0.5, 0.6) is 0 Å². The summed E-state index contributed by atoms with van der Waals surface area (Å²) >= 11 is 1.50. The Hall–Kier alpha value is -3.00. The Balaban J connectivity index is 1.52. The molecule has 0 saturated carbocycles. The zero-order valence-corrected chi connectivity index (χ0v) is 14.2. The molecule has 0 radical (unpaired) electrons. The lowest BCUT2D eigenvalue weighted by Crippen LogP contribution is -2.41. The number of amides is 2. The summed E-state index contributed by atoms with van der Waals surface area (Å²) in [5, 5.41) is 0.859. The Kier molecular flexibility index (Phi) is 5.20. The molecule has 25 heavy (non-hydrogen) atoms. The maximum absolute atomic E-state index is 12.0. The number of hydrazine groups is 1. The van der Waals surface area contributed by atoms with Crippen molar-refractivity contribution in [3.8, 4) is 0 Å². The molecule has 3 rings (SSSR count). The number of hydrogen-bond donors (Lipinski definition) is 2. The average molecular weight is 356 g/mol. The topological polar surface area (TPSA) is 89.2 Å². The second-order valence-corrected chi connectivity index (χ2v) is 6.09. The van der Waals surface area contributed by atoms with Gasteiger partial charge in [-0.25, -0.2) is 4.98 Å². The van der Waals surface area contributed by atoms with E-state index >= 15 is 0 Å². The molecule has 7 nitrogen and oxygen atoms in total. The molecule has 0 aliphatic rings. The van der Waals surface area contributed by atoms with E-state index in [4.69, 9.17) is 4.42 Å². The molecule has 0 atom stereocenters. The number of nitrogens with zero attached hydrogens (tertiary/aromatic N) is 2. The van der Waals surface area contributed by atoms with E-state index in [1.165, 1.54) is 11.8 Å². The van der Waals surface area contributed by atoms with Crippen molar-refractivity contribution in [2.45, 2.75) is 10.9 Å².